The molecule has 0 atom stereocenters. The third-order valence-electron chi connectivity index (χ3n) is 2.15. The number of Topliss-reactive ketones (excluding diaryl/α,β-unsaturated/α-hetero) is 1. The number of carbonyl (C=O) groups excluding carboxylic acids is 2. The highest BCUT2D eigenvalue weighted by molar-refractivity contribution is 5.87. The van der Waals surface area contributed by atoms with E-state index in [1.54, 1.807) is 0 Å². The summed E-state index contributed by atoms with van der Waals surface area (Å²) in [5.41, 5.74) is -0.195. The summed E-state index contributed by atoms with van der Waals surface area (Å²) < 4.78 is 0. The summed E-state index contributed by atoms with van der Waals surface area (Å²) in [6, 6.07) is 0. The van der Waals surface area contributed by atoms with Crippen LogP contribution in [0.15, 0.2) is 0 Å². The van der Waals surface area contributed by atoms with Crippen LogP contribution in [-0.4, -0.2) is 17.2 Å². The van der Waals surface area contributed by atoms with Gasteiger partial charge in [0.2, 0.25) is 5.91 Å². The fourth-order valence-corrected chi connectivity index (χ4v) is 1.33. The summed E-state index contributed by atoms with van der Waals surface area (Å²) in [6.45, 7) is 5.81. The first-order chi connectivity index (χ1) is 6.38. The lowest BCUT2D eigenvalue weighted by Gasteiger charge is -2.20. The van der Waals surface area contributed by atoms with Crippen molar-refractivity contribution >= 4 is 11.7 Å². The molecule has 1 amide bonds. The second-order valence-corrected chi connectivity index (χ2v) is 5.04. The summed E-state index contributed by atoms with van der Waals surface area (Å²) >= 11 is 0. The van der Waals surface area contributed by atoms with Gasteiger partial charge in [-0.3, -0.25) is 9.59 Å². The minimum Gasteiger partial charge on any atom is -0.351 e. The Morgan fingerprint density at radius 3 is 2.21 bits per heavy atom. The molecule has 0 unspecified atom stereocenters. The van der Waals surface area contributed by atoms with Gasteiger partial charge in [-0.1, -0.05) is 0 Å². The summed E-state index contributed by atoms with van der Waals surface area (Å²) in [7, 11) is 0. The second-order valence-electron chi connectivity index (χ2n) is 5.04. The van der Waals surface area contributed by atoms with Gasteiger partial charge in [-0.2, -0.15) is 0 Å². The third-order valence-corrected chi connectivity index (χ3v) is 2.15. The maximum atomic E-state index is 11.3. The van der Waals surface area contributed by atoms with Crippen LogP contribution in [0, 0.1) is 5.92 Å². The minimum atomic E-state index is -0.195. The van der Waals surface area contributed by atoms with Crippen molar-refractivity contribution in [3.63, 3.8) is 0 Å². The van der Waals surface area contributed by atoms with Gasteiger partial charge in [0.1, 0.15) is 5.78 Å². The lowest BCUT2D eigenvalue weighted by molar-refractivity contribution is -0.126. The molecular formula is C11H19NO2. The smallest absolute Gasteiger partial charge is 0.220 e. The summed E-state index contributed by atoms with van der Waals surface area (Å²) in [5.74, 6) is 0.512. The SMILES string of the molecule is CC(C)(C)NC(=O)CCC(=O)C1CC1. The van der Waals surface area contributed by atoms with E-state index >= 15 is 0 Å². The van der Waals surface area contributed by atoms with Crippen LogP contribution in [0.1, 0.15) is 46.5 Å². The number of ketones is 1. The van der Waals surface area contributed by atoms with Crippen LogP contribution < -0.4 is 5.32 Å². The molecule has 0 bridgehead atoms. The Balaban J connectivity index is 2.17. The Morgan fingerprint density at radius 1 is 1.21 bits per heavy atom. The van der Waals surface area contributed by atoms with Crippen molar-refractivity contribution in [2.75, 3.05) is 0 Å². The lowest BCUT2D eigenvalue weighted by atomic mass is 10.1. The zero-order valence-electron chi connectivity index (χ0n) is 9.22. The molecule has 0 aromatic rings. The Morgan fingerprint density at radius 2 is 1.79 bits per heavy atom. The molecule has 1 saturated carbocycles. The van der Waals surface area contributed by atoms with Crippen LogP contribution in [0.25, 0.3) is 0 Å². The summed E-state index contributed by atoms with van der Waals surface area (Å²) in [5, 5.41) is 2.84. The molecule has 0 radical (unpaired) electrons. The quantitative estimate of drug-likeness (QED) is 0.745. The molecule has 0 aromatic heterocycles. The van der Waals surface area contributed by atoms with Crippen LogP contribution in [0.5, 0.6) is 0 Å². The molecule has 1 rings (SSSR count). The topological polar surface area (TPSA) is 46.2 Å². The molecule has 14 heavy (non-hydrogen) atoms. The molecule has 3 nitrogen and oxygen atoms in total. The van der Waals surface area contributed by atoms with Gasteiger partial charge in [0, 0.05) is 24.3 Å². The molecule has 0 heterocycles. The van der Waals surface area contributed by atoms with Gasteiger partial charge in [0.05, 0.1) is 0 Å². The van der Waals surface area contributed by atoms with Crippen molar-refractivity contribution < 1.29 is 9.59 Å². The van der Waals surface area contributed by atoms with Crippen molar-refractivity contribution in [3.8, 4) is 0 Å². The predicted molar refractivity (Wildman–Crippen MR) is 54.9 cm³/mol. The van der Waals surface area contributed by atoms with Gasteiger partial charge in [0.25, 0.3) is 0 Å². The molecule has 1 N–H and O–H groups in total. The van der Waals surface area contributed by atoms with E-state index in [1.807, 2.05) is 20.8 Å². The first kappa shape index (κ1) is 11.2. The third kappa shape index (κ3) is 4.40. The van der Waals surface area contributed by atoms with E-state index in [4.69, 9.17) is 0 Å². The largest absolute Gasteiger partial charge is 0.351 e. The molecule has 1 aliphatic carbocycles. The van der Waals surface area contributed by atoms with E-state index in [0.29, 0.717) is 12.8 Å². The fraction of sp³-hybridized carbons (Fsp3) is 0.818. The molecule has 0 saturated heterocycles. The van der Waals surface area contributed by atoms with Crippen LogP contribution in [0.4, 0.5) is 0 Å². The maximum absolute atomic E-state index is 11.3. The highest BCUT2D eigenvalue weighted by Crippen LogP contribution is 2.31. The Bertz CT molecular complexity index is 236. The van der Waals surface area contributed by atoms with Crippen molar-refractivity contribution in [1.82, 2.24) is 5.32 Å². The van der Waals surface area contributed by atoms with Gasteiger partial charge in [0.15, 0.2) is 0 Å². The van der Waals surface area contributed by atoms with Crippen molar-refractivity contribution in [3.05, 3.63) is 0 Å². The normalized spacial score (nSPS) is 16.5. The molecular weight excluding hydrogens is 178 g/mol. The fourth-order valence-electron chi connectivity index (χ4n) is 1.33. The Kier molecular flexibility index (Phi) is 3.29. The molecule has 0 spiro atoms. The zero-order chi connectivity index (χ0) is 10.8. The van der Waals surface area contributed by atoms with Crippen LogP contribution in [-0.2, 0) is 9.59 Å². The van der Waals surface area contributed by atoms with Gasteiger partial charge in [-0.25, -0.2) is 0 Å². The molecule has 0 aromatic carbocycles. The number of amides is 1. The Labute approximate surface area is 85.3 Å². The number of hydrogen-bond acceptors (Lipinski definition) is 2. The molecule has 0 aliphatic heterocycles. The average molecular weight is 197 g/mol. The molecule has 1 fully saturated rings. The highest BCUT2D eigenvalue weighted by Gasteiger charge is 2.29. The molecule has 80 valence electrons. The van der Waals surface area contributed by atoms with Gasteiger partial charge >= 0.3 is 0 Å². The molecule has 3 heteroatoms. The number of nitrogens with one attached hydrogen (secondary N) is 1. The van der Waals surface area contributed by atoms with E-state index in [-0.39, 0.29) is 23.1 Å². The van der Waals surface area contributed by atoms with E-state index in [1.165, 1.54) is 0 Å². The van der Waals surface area contributed by atoms with Crippen LogP contribution >= 0.6 is 0 Å². The average Bonchev–Trinajstić information content (AvgIpc) is 2.78. The zero-order valence-corrected chi connectivity index (χ0v) is 9.22. The summed E-state index contributed by atoms with van der Waals surface area (Å²) in [6.07, 6.45) is 2.80. The maximum Gasteiger partial charge on any atom is 0.220 e. The number of rotatable bonds is 4. The van der Waals surface area contributed by atoms with Crippen LogP contribution in [0.3, 0.4) is 0 Å². The van der Waals surface area contributed by atoms with E-state index in [2.05, 4.69) is 5.32 Å². The van der Waals surface area contributed by atoms with E-state index in [0.717, 1.165) is 12.8 Å². The Hall–Kier alpha value is -0.860. The first-order valence-corrected chi connectivity index (χ1v) is 5.22. The molecule has 1 aliphatic rings. The number of carbonyl (C=O) groups is 2. The highest BCUT2D eigenvalue weighted by atomic mass is 16.2. The minimum absolute atomic E-state index is 0.0218. The van der Waals surface area contributed by atoms with E-state index in [9.17, 15) is 9.59 Å². The van der Waals surface area contributed by atoms with E-state index < -0.39 is 0 Å². The number of hydrogen-bond donors (Lipinski definition) is 1. The van der Waals surface area contributed by atoms with Crippen molar-refractivity contribution in [1.29, 1.82) is 0 Å². The van der Waals surface area contributed by atoms with Gasteiger partial charge in [-0.15, -0.1) is 0 Å². The predicted octanol–water partition coefficient (Wildman–Crippen LogP) is 1.66. The van der Waals surface area contributed by atoms with Gasteiger partial charge < -0.3 is 5.32 Å². The standard InChI is InChI=1S/C11H19NO2/c1-11(2,3)12-10(14)7-6-9(13)8-4-5-8/h8H,4-7H2,1-3H3,(H,12,14). The van der Waals surface area contributed by atoms with Crippen molar-refractivity contribution in [2.45, 2.75) is 52.0 Å². The first-order valence-electron chi connectivity index (χ1n) is 5.22. The van der Waals surface area contributed by atoms with Crippen molar-refractivity contribution in [2.24, 2.45) is 5.92 Å². The van der Waals surface area contributed by atoms with Gasteiger partial charge in [-0.05, 0) is 33.6 Å². The second kappa shape index (κ2) is 4.11. The monoisotopic (exact) mass is 197 g/mol. The summed E-state index contributed by atoms with van der Waals surface area (Å²) in [4.78, 5) is 22.6. The lowest BCUT2D eigenvalue weighted by Crippen LogP contribution is -2.40. The van der Waals surface area contributed by atoms with Crippen LogP contribution in [0.2, 0.25) is 0 Å².